The van der Waals surface area contributed by atoms with E-state index in [2.05, 4.69) is 25.7 Å². The van der Waals surface area contributed by atoms with E-state index in [-0.39, 0.29) is 49.9 Å². The van der Waals surface area contributed by atoms with Crippen molar-refractivity contribution in [3.8, 4) is 11.3 Å². The molecular weight excluding hydrogens is 647 g/mol. The summed E-state index contributed by atoms with van der Waals surface area (Å²) >= 11 is 12.6. The van der Waals surface area contributed by atoms with Gasteiger partial charge in [0.2, 0.25) is 5.91 Å². The Morgan fingerprint density at radius 3 is 2.51 bits per heavy atom. The number of hydrogen-bond acceptors (Lipinski definition) is 10. The Morgan fingerprint density at radius 2 is 1.81 bits per heavy atom. The number of anilines is 2. The standard InChI is InChI=1S/C32H40Cl2N8O5/c1-32(2,3)47-31(45)42-12-11-20(13-26(42)30(44)46-21-7-4-5-8-21)39-27(43)18-41-17-19(14-38-41)25-16-36-28(35)29(40-25)37-15-22-23(33)9-6-10-24(22)34/h6,9-10,14,16-17,20-21,26H,4-5,7-8,11-13,15,18H2,1-3H3,(H2,35,36)(H,37,40)(H,39,43)/t20?,26-/m1/s1. The summed E-state index contributed by atoms with van der Waals surface area (Å²) in [5, 5.41) is 11.5. The monoisotopic (exact) mass is 686 g/mol. The zero-order valence-corrected chi connectivity index (χ0v) is 28.2. The summed E-state index contributed by atoms with van der Waals surface area (Å²) in [7, 11) is 0. The number of carbonyl (C=O) groups excluding carboxylic acids is 3. The van der Waals surface area contributed by atoms with Crippen molar-refractivity contribution in [1.29, 1.82) is 0 Å². The van der Waals surface area contributed by atoms with Crippen molar-refractivity contribution in [3.63, 3.8) is 0 Å². The van der Waals surface area contributed by atoms with E-state index >= 15 is 0 Å². The number of esters is 1. The fourth-order valence-corrected chi connectivity index (χ4v) is 6.18. The van der Waals surface area contributed by atoms with E-state index in [1.807, 2.05) is 0 Å². The molecule has 1 aliphatic carbocycles. The van der Waals surface area contributed by atoms with Crippen LogP contribution < -0.4 is 16.4 Å². The minimum atomic E-state index is -0.860. The number of amides is 2. The van der Waals surface area contributed by atoms with Gasteiger partial charge in [0.15, 0.2) is 11.6 Å². The van der Waals surface area contributed by atoms with Crippen LogP contribution in [0.3, 0.4) is 0 Å². The number of likely N-dealkylation sites (tertiary alicyclic amines) is 1. The summed E-state index contributed by atoms with van der Waals surface area (Å²) in [6, 6.07) is 4.05. The lowest BCUT2D eigenvalue weighted by Crippen LogP contribution is -2.56. The normalized spacial score (nSPS) is 18.5. The smallest absolute Gasteiger partial charge is 0.411 e. The molecule has 3 aromatic rings. The van der Waals surface area contributed by atoms with Crippen LogP contribution in [0, 0.1) is 0 Å². The van der Waals surface area contributed by atoms with Crippen LogP contribution in [0.5, 0.6) is 0 Å². The lowest BCUT2D eigenvalue weighted by Gasteiger charge is -2.39. The van der Waals surface area contributed by atoms with E-state index < -0.39 is 23.7 Å². The first-order valence-electron chi connectivity index (χ1n) is 15.7. The SMILES string of the molecule is CC(C)(C)OC(=O)N1CCC(NC(=O)Cn2cc(-c3cnc(N)c(NCc4c(Cl)cccc4Cl)n3)cn2)C[C@@H]1C(=O)OC1CCCC1. The van der Waals surface area contributed by atoms with Gasteiger partial charge in [-0.1, -0.05) is 29.3 Å². The number of piperidine rings is 1. The van der Waals surface area contributed by atoms with Gasteiger partial charge < -0.3 is 25.8 Å². The largest absolute Gasteiger partial charge is 0.461 e. The third-order valence-electron chi connectivity index (χ3n) is 7.98. The third kappa shape index (κ3) is 9.04. The maximum Gasteiger partial charge on any atom is 0.411 e. The van der Waals surface area contributed by atoms with Crippen molar-refractivity contribution >= 4 is 52.8 Å². The first-order chi connectivity index (χ1) is 22.4. The number of halogens is 2. The molecule has 3 heterocycles. The van der Waals surface area contributed by atoms with Gasteiger partial charge in [0, 0.05) is 46.5 Å². The van der Waals surface area contributed by atoms with Gasteiger partial charge in [0.1, 0.15) is 24.3 Å². The minimum Gasteiger partial charge on any atom is -0.461 e. The van der Waals surface area contributed by atoms with Gasteiger partial charge in [-0.3, -0.25) is 14.4 Å². The molecule has 2 fully saturated rings. The van der Waals surface area contributed by atoms with Gasteiger partial charge in [-0.05, 0) is 71.4 Å². The second-order valence-electron chi connectivity index (χ2n) is 12.8. The number of aromatic nitrogens is 4. The van der Waals surface area contributed by atoms with E-state index in [4.69, 9.17) is 38.4 Å². The highest BCUT2D eigenvalue weighted by molar-refractivity contribution is 6.36. The zero-order valence-electron chi connectivity index (χ0n) is 26.7. The molecule has 1 saturated heterocycles. The van der Waals surface area contributed by atoms with E-state index in [9.17, 15) is 14.4 Å². The molecule has 1 unspecified atom stereocenters. The molecule has 1 aromatic carbocycles. The lowest BCUT2D eigenvalue weighted by atomic mass is 9.97. The number of nitrogens with two attached hydrogens (primary N) is 1. The Bertz CT molecular complexity index is 1580. The molecule has 2 aromatic heterocycles. The molecule has 5 rings (SSSR count). The summed E-state index contributed by atoms with van der Waals surface area (Å²) in [6.45, 7) is 5.79. The van der Waals surface area contributed by atoms with Crippen molar-refractivity contribution in [2.24, 2.45) is 0 Å². The summed E-state index contributed by atoms with van der Waals surface area (Å²) in [6.07, 6.45) is 8.38. The highest BCUT2D eigenvalue weighted by atomic mass is 35.5. The fraction of sp³-hybridized carbons (Fsp3) is 0.500. The quantitative estimate of drug-likeness (QED) is 0.254. The maximum atomic E-state index is 13.2. The fourth-order valence-electron chi connectivity index (χ4n) is 5.65. The molecule has 4 N–H and O–H groups in total. The number of rotatable bonds is 9. The molecule has 2 aliphatic rings. The minimum absolute atomic E-state index is 0.0675. The van der Waals surface area contributed by atoms with Gasteiger partial charge in [-0.2, -0.15) is 5.10 Å². The van der Waals surface area contributed by atoms with Crippen LogP contribution in [0.15, 0.2) is 36.8 Å². The number of benzene rings is 1. The number of ether oxygens (including phenoxy) is 2. The van der Waals surface area contributed by atoms with Crippen LogP contribution in [-0.2, 0) is 32.2 Å². The van der Waals surface area contributed by atoms with Crippen molar-refractivity contribution in [3.05, 3.63) is 52.4 Å². The van der Waals surface area contributed by atoms with Crippen molar-refractivity contribution in [2.75, 3.05) is 17.6 Å². The van der Waals surface area contributed by atoms with Crippen LogP contribution in [0.4, 0.5) is 16.4 Å². The molecule has 1 saturated carbocycles. The second-order valence-corrected chi connectivity index (χ2v) is 13.6. The summed E-state index contributed by atoms with van der Waals surface area (Å²) in [5.74, 6) is -0.206. The first kappa shape index (κ1) is 34.2. The Morgan fingerprint density at radius 1 is 1.09 bits per heavy atom. The molecular formula is C32H40Cl2N8O5. The Hall–Kier alpha value is -4.10. The molecule has 47 heavy (non-hydrogen) atoms. The molecule has 0 spiro atoms. The summed E-state index contributed by atoms with van der Waals surface area (Å²) < 4.78 is 12.8. The molecule has 0 radical (unpaired) electrons. The van der Waals surface area contributed by atoms with Gasteiger partial charge in [-0.25, -0.2) is 19.6 Å². The van der Waals surface area contributed by atoms with Gasteiger partial charge >= 0.3 is 12.1 Å². The van der Waals surface area contributed by atoms with Gasteiger partial charge in [0.05, 0.1) is 18.1 Å². The van der Waals surface area contributed by atoms with Crippen molar-refractivity contribution < 1.29 is 23.9 Å². The average Bonchev–Trinajstić information content (AvgIpc) is 3.69. The summed E-state index contributed by atoms with van der Waals surface area (Å²) in [4.78, 5) is 49.6. The van der Waals surface area contributed by atoms with E-state index in [0.29, 0.717) is 39.1 Å². The van der Waals surface area contributed by atoms with Crippen molar-refractivity contribution in [1.82, 2.24) is 30.0 Å². The molecule has 0 bridgehead atoms. The molecule has 13 nitrogen and oxygen atoms in total. The molecule has 15 heteroatoms. The number of carbonyl (C=O) groups is 3. The van der Waals surface area contributed by atoms with Crippen LogP contribution in [0.25, 0.3) is 11.3 Å². The Labute approximate surface area is 283 Å². The third-order valence-corrected chi connectivity index (χ3v) is 8.69. The van der Waals surface area contributed by atoms with E-state index in [0.717, 1.165) is 25.7 Å². The van der Waals surface area contributed by atoms with E-state index in [1.165, 1.54) is 15.8 Å². The summed E-state index contributed by atoms with van der Waals surface area (Å²) in [5.41, 5.74) is 7.17. The van der Waals surface area contributed by atoms with Crippen LogP contribution in [0.1, 0.15) is 64.9 Å². The average molecular weight is 688 g/mol. The Balaban J connectivity index is 1.20. The van der Waals surface area contributed by atoms with Crippen molar-refractivity contribution in [2.45, 2.75) is 96.2 Å². The molecule has 2 atom stereocenters. The Kier molecular flexibility index (Phi) is 10.8. The zero-order chi connectivity index (χ0) is 33.7. The highest BCUT2D eigenvalue weighted by Gasteiger charge is 2.40. The molecule has 252 valence electrons. The van der Waals surface area contributed by atoms with Crippen LogP contribution in [-0.4, -0.2) is 73.0 Å². The first-order valence-corrected chi connectivity index (χ1v) is 16.4. The second kappa shape index (κ2) is 14.8. The maximum absolute atomic E-state index is 13.2. The van der Waals surface area contributed by atoms with Gasteiger partial charge in [-0.15, -0.1) is 0 Å². The topological polar surface area (TPSA) is 167 Å². The van der Waals surface area contributed by atoms with Crippen LogP contribution in [0.2, 0.25) is 10.0 Å². The molecule has 1 aliphatic heterocycles. The number of hydrogen-bond donors (Lipinski definition) is 3. The predicted molar refractivity (Wildman–Crippen MR) is 178 cm³/mol. The number of nitrogen functional groups attached to an aromatic ring is 1. The highest BCUT2D eigenvalue weighted by Crippen LogP contribution is 2.28. The van der Waals surface area contributed by atoms with Gasteiger partial charge in [0.25, 0.3) is 0 Å². The number of nitrogens with one attached hydrogen (secondary N) is 2. The molecule has 2 amide bonds. The van der Waals surface area contributed by atoms with Crippen LogP contribution >= 0.6 is 23.2 Å². The van der Waals surface area contributed by atoms with E-state index in [1.54, 1.807) is 51.4 Å². The number of nitrogens with zero attached hydrogens (tertiary/aromatic N) is 5. The lowest BCUT2D eigenvalue weighted by molar-refractivity contribution is -0.157. The predicted octanol–water partition coefficient (Wildman–Crippen LogP) is 5.21.